The summed E-state index contributed by atoms with van der Waals surface area (Å²) in [4.78, 5) is 10.6. The molecule has 5 heteroatoms. The van der Waals surface area contributed by atoms with Gasteiger partial charge in [-0.3, -0.25) is 8.98 Å². The summed E-state index contributed by atoms with van der Waals surface area (Å²) in [7, 11) is -3.40. The Bertz CT molecular complexity index is 229. The van der Waals surface area contributed by atoms with Gasteiger partial charge in [0.25, 0.3) is 10.1 Å². The lowest BCUT2D eigenvalue weighted by Crippen LogP contribution is -2.16. The van der Waals surface area contributed by atoms with E-state index in [0.717, 1.165) is 6.26 Å². The first kappa shape index (κ1) is 10.6. The zero-order valence-electron chi connectivity index (χ0n) is 6.83. The van der Waals surface area contributed by atoms with Gasteiger partial charge in [0, 0.05) is 5.92 Å². The first-order valence-corrected chi connectivity index (χ1v) is 4.99. The Morgan fingerprint density at radius 1 is 1.55 bits per heavy atom. The molecule has 66 valence electrons. The average Bonchev–Trinajstić information content (AvgIpc) is 1.80. The summed E-state index contributed by atoms with van der Waals surface area (Å²) < 4.78 is 25.3. The van der Waals surface area contributed by atoms with Crippen LogP contribution in [0.2, 0.25) is 0 Å². The SMILES string of the molecule is CC(=O)C(C)COS(C)(=O)=O. The van der Waals surface area contributed by atoms with E-state index in [1.54, 1.807) is 6.92 Å². The maximum absolute atomic E-state index is 10.6. The van der Waals surface area contributed by atoms with Crippen molar-refractivity contribution in [3.8, 4) is 0 Å². The average molecular weight is 180 g/mol. The highest BCUT2D eigenvalue weighted by Gasteiger charge is 2.10. The maximum Gasteiger partial charge on any atom is 0.264 e. The lowest BCUT2D eigenvalue weighted by Gasteiger charge is -2.05. The molecule has 0 aromatic heterocycles. The molecule has 11 heavy (non-hydrogen) atoms. The molecule has 0 spiro atoms. The molecule has 0 aliphatic rings. The van der Waals surface area contributed by atoms with Crippen LogP contribution in [0, 0.1) is 5.92 Å². The predicted octanol–water partition coefficient (Wildman–Crippen LogP) is 0.188. The molecule has 4 nitrogen and oxygen atoms in total. The third-order valence-electron chi connectivity index (χ3n) is 1.23. The van der Waals surface area contributed by atoms with Crippen molar-refractivity contribution in [3.63, 3.8) is 0 Å². The molecule has 0 saturated carbocycles. The highest BCUT2D eigenvalue weighted by molar-refractivity contribution is 7.85. The quantitative estimate of drug-likeness (QED) is 0.579. The van der Waals surface area contributed by atoms with Gasteiger partial charge < -0.3 is 0 Å². The largest absolute Gasteiger partial charge is 0.300 e. The van der Waals surface area contributed by atoms with E-state index >= 15 is 0 Å². The van der Waals surface area contributed by atoms with E-state index in [1.807, 2.05) is 0 Å². The molecule has 1 unspecified atom stereocenters. The van der Waals surface area contributed by atoms with Crippen molar-refractivity contribution >= 4 is 15.9 Å². The molecule has 0 fully saturated rings. The molecule has 0 N–H and O–H groups in total. The van der Waals surface area contributed by atoms with Crippen molar-refractivity contribution in [2.75, 3.05) is 12.9 Å². The van der Waals surface area contributed by atoms with Crippen LogP contribution in [0.25, 0.3) is 0 Å². The Kier molecular flexibility index (Phi) is 3.68. The zero-order valence-corrected chi connectivity index (χ0v) is 7.64. The molecule has 1 atom stereocenters. The van der Waals surface area contributed by atoms with Gasteiger partial charge in [-0.2, -0.15) is 8.42 Å². The molecule has 0 amide bonds. The normalized spacial score (nSPS) is 14.5. The van der Waals surface area contributed by atoms with Crippen LogP contribution in [0.4, 0.5) is 0 Å². The van der Waals surface area contributed by atoms with Gasteiger partial charge in [-0.25, -0.2) is 0 Å². The lowest BCUT2D eigenvalue weighted by molar-refractivity contribution is -0.120. The fraction of sp³-hybridized carbons (Fsp3) is 0.833. The number of hydrogen-bond acceptors (Lipinski definition) is 4. The Hall–Kier alpha value is -0.420. The molecular weight excluding hydrogens is 168 g/mol. The standard InChI is InChI=1S/C6H12O4S/c1-5(6(2)7)4-10-11(3,8)9/h5H,4H2,1-3H3. The van der Waals surface area contributed by atoms with Crippen LogP contribution in [-0.4, -0.2) is 27.1 Å². The van der Waals surface area contributed by atoms with Crippen molar-refractivity contribution in [1.82, 2.24) is 0 Å². The van der Waals surface area contributed by atoms with Gasteiger partial charge in [0.1, 0.15) is 5.78 Å². The van der Waals surface area contributed by atoms with Crippen LogP contribution in [-0.2, 0) is 19.1 Å². The molecule has 0 rings (SSSR count). The van der Waals surface area contributed by atoms with Gasteiger partial charge >= 0.3 is 0 Å². The number of ketones is 1. The van der Waals surface area contributed by atoms with E-state index in [1.165, 1.54) is 6.92 Å². The molecule has 0 heterocycles. The van der Waals surface area contributed by atoms with E-state index in [0.29, 0.717) is 0 Å². The summed E-state index contributed by atoms with van der Waals surface area (Å²) in [5.74, 6) is -0.432. The second-order valence-electron chi connectivity index (χ2n) is 2.50. The Morgan fingerprint density at radius 3 is 2.27 bits per heavy atom. The molecule has 0 radical (unpaired) electrons. The van der Waals surface area contributed by atoms with Gasteiger partial charge in [-0.1, -0.05) is 6.92 Å². The summed E-state index contributed by atoms with van der Waals surface area (Å²) in [5, 5.41) is 0. The Balaban J connectivity index is 3.82. The third-order valence-corrected chi connectivity index (χ3v) is 1.79. The summed E-state index contributed by atoms with van der Waals surface area (Å²) in [6.07, 6.45) is 0.958. The lowest BCUT2D eigenvalue weighted by atomic mass is 10.1. The Labute approximate surface area is 66.7 Å². The highest BCUT2D eigenvalue weighted by atomic mass is 32.2. The van der Waals surface area contributed by atoms with Gasteiger partial charge in [0.05, 0.1) is 12.9 Å². The van der Waals surface area contributed by atoms with Gasteiger partial charge in [-0.15, -0.1) is 0 Å². The minimum absolute atomic E-state index is 0.0613. The smallest absolute Gasteiger partial charge is 0.264 e. The van der Waals surface area contributed by atoms with Crippen LogP contribution in [0.15, 0.2) is 0 Å². The zero-order chi connectivity index (χ0) is 9.07. The van der Waals surface area contributed by atoms with E-state index in [2.05, 4.69) is 4.18 Å². The van der Waals surface area contributed by atoms with E-state index in [9.17, 15) is 13.2 Å². The first-order valence-electron chi connectivity index (χ1n) is 3.18. The minimum Gasteiger partial charge on any atom is -0.300 e. The number of carbonyl (C=O) groups excluding carboxylic acids is 1. The topological polar surface area (TPSA) is 60.4 Å². The van der Waals surface area contributed by atoms with Crippen LogP contribution >= 0.6 is 0 Å². The minimum atomic E-state index is -3.40. The van der Waals surface area contributed by atoms with Crippen molar-refractivity contribution in [2.24, 2.45) is 5.92 Å². The monoisotopic (exact) mass is 180 g/mol. The van der Waals surface area contributed by atoms with Crippen LogP contribution < -0.4 is 0 Å². The predicted molar refractivity (Wildman–Crippen MR) is 40.6 cm³/mol. The van der Waals surface area contributed by atoms with Gasteiger partial charge in [-0.05, 0) is 6.92 Å². The number of rotatable bonds is 4. The van der Waals surface area contributed by atoms with Crippen molar-refractivity contribution in [2.45, 2.75) is 13.8 Å². The van der Waals surface area contributed by atoms with Crippen LogP contribution in [0.1, 0.15) is 13.8 Å². The van der Waals surface area contributed by atoms with Crippen molar-refractivity contribution in [1.29, 1.82) is 0 Å². The molecular formula is C6H12O4S. The molecule has 0 aromatic carbocycles. The van der Waals surface area contributed by atoms with E-state index < -0.39 is 10.1 Å². The molecule has 0 saturated heterocycles. The molecule has 0 aliphatic heterocycles. The Morgan fingerprint density at radius 2 is 2.00 bits per heavy atom. The molecule has 0 bridgehead atoms. The summed E-state index contributed by atoms with van der Waals surface area (Å²) in [6, 6.07) is 0. The number of Topliss-reactive ketones (excluding diaryl/α,β-unsaturated/α-hetero) is 1. The van der Waals surface area contributed by atoms with Crippen LogP contribution in [0.5, 0.6) is 0 Å². The maximum atomic E-state index is 10.6. The fourth-order valence-corrected chi connectivity index (χ4v) is 0.794. The number of hydrogen-bond donors (Lipinski definition) is 0. The summed E-state index contributed by atoms with van der Waals surface area (Å²) in [5.41, 5.74) is 0. The second-order valence-corrected chi connectivity index (χ2v) is 4.14. The van der Waals surface area contributed by atoms with Gasteiger partial charge in [0.2, 0.25) is 0 Å². The summed E-state index contributed by atoms with van der Waals surface area (Å²) in [6.45, 7) is 2.96. The first-order chi connectivity index (χ1) is 4.83. The van der Waals surface area contributed by atoms with Crippen molar-refractivity contribution in [3.05, 3.63) is 0 Å². The van der Waals surface area contributed by atoms with Gasteiger partial charge in [0.15, 0.2) is 0 Å². The third kappa shape index (κ3) is 6.00. The second kappa shape index (κ2) is 3.82. The highest BCUT2D eigenvalue weighted by Crippen LogP contribution is 1.99. The van der Waals surface area contributed by atoms with E-state index in [4.69, 9.17) is 0 Å². The van der Waals surface area contributed by atoms with Crippen LogP contribution in [0.3, 0.4) is 0 Å². The van der Waals surface area contributed by atoms with Crippen molar-refractivity contribution < 1.29 is 17.4 Å². The van der Waals surface area contributed by atoms with E-state index in [-0.39, 0.29) is 18.3 Å². The molecule has 0 aliphatic carbocycles. The molecule has 0 aromatic rings. The fourth-order valence-electron chi connectivity index (χ4n) is 0.343. The number of carbonyl (C=O) groups is 1. The summed E-state index contributed by atoms with van der Waals surface area (Å²) >= 11 is 0.